The number of carbonyl (C=O) groups excluding carboxylic acids is 2. The summed E-state index contributed by atoms with van der Waals surface area (Å²) in [7, 11) is 0. The Labute approximate surface area is 83.8 Å². The van der Waals surface area contributed by atoms with Crippen molar-refractivity contribution in [1.82, 2.24) is 0 Å². The maximum atomic E-state index is 11.3. The van der Waals surface area contributed by atoms with Crippen LogP contribution in [0.4, 0.5) is 0 Å². The zero-order valence-corrected chi connectivity index (χ0v) is 8.54. The van der Waals surface area contributed by atoms with E-state index in [1.165, 1.54) is 19.8 Å². The Morgan fingerprint density at radius 3 is 2.43 bits per heavy atom. The standard InChI is InChI=1S/C11H16O3/c1-8(12)6-10(13)14-11-4-2-9(7-11)3-5-11/h9H,2-7H2,1H3. The number of fused-ring (bicyclic) bond motifs is 2. The molecule has 0 heterocycles. The highest BCUT2D eigenvalue weighted by Gasteiger charge is 2.47. The van der Waals surface area contributed by atoms with Crippen molar-refractivity contribution in [3.05, 3.63) is 0 Å². The molecule has 0 saturated heterocycles. The summed E-state index contributed by atoms with van der Waals surface area (Å²) in [6, 6.07) is 0. The number of esters is 1. The fourth-order valence-corrected chi connectivity index (χ4v) is 2.76. The number of Topliss-reactive ketones (excluding diaryl/α,β-unsaturated/α-hetero) is 1. The molecule has 0 N–H and O–H groups in total. The van der Waals surface area contributed by atoms with Gasteiger partial charge in [0.2, 0.25) is 0 Å². The van der Waals surface area contributed by atoms with Gasteiger partial charge in [-0.25, -0.2) is 0 Å². The van der Waals surface area contributed by atoms with E-state index in [9.17, 15) is 9.59 Å². The highest BCUT2D eigenvalue weighted by Crippen LogP contribution is 2.50. The van der Waals surface area contributed by atoms with Crippen LogP contribution in [-0.4, -0.2) is 17.4 Å². The Balaban J connectivity index is 1.90. The quantitative estimate of drug-likeness (QED) is 0.511. The number of carbonyl (C=O) groups is 2. The van der Waals surface area contributed by atoms with Crippen molar-refractivity contribution >= 4 is 11.8 Å². The lowest BCUT2D eigenvalue weighted by atomic mass is 9.97. The molecule has 0 unspecified atom stereocenters. The van der Waals surface area contributed by atoms with Crippen LogP contribution in [0, 0.1) is 5.92 Å². The zero-order valence-electron chi connectivity index (χ0n) is 8.54. The predicted molar refractivity (Wildman–Crippen MR) is 50.7 cm³/mol. The topological polar surface area (TPSA) is 43.4 Å². The van der Waals surface area contributed by atoms with E-state index in [-0.39, 0.29) is 23.8 Å². The lowest BCUT2D eigenvalue weighted by molar-refractivity contribution is -0.159. The Hall–Kier alpha value is -0.860. The van der Waals surface area contributed by atoms with Crippen molar-refractivity contribution in [3.8, 4) is 0 Å². The number of ketones is 1. The summed E-state index contributed by atoms with van der Waals surface area (Å²) in [6.45, 7) is 1.42. The second-order valence-corrected chi connectivity index (χ2v) is 4.68. The Morgan fingerprint density at radius 2 is 2.00 bits per heavy atom. The molecule has 14 heavy (non-hydrogen) atoms. The van der Waals surface area contributed by atoms with E-state index < -0.39 is 0 Å². The molecule has 78 valence electrons. The van der Waals surface area contributed by atoms with Gasteiger partial charge in [-0.05, 0) is 44.9 Å². The summed E-state index contributed by atoms with van der Waals surface area (Å²) in [5.41, 5.74) is -0.183. The van der Waals surface area contributed by atoms with Gasteiger partial charge in [0.05, 0.1) is 0 Å². The molecule has 0 amide bonds. The fourth-order valence-electron chi connectivity index (χ4n) is 2.76. The third-order valence-corrected chi connectivity index (χ3v) is 3.40. The summed E-state index contributed by atoms with van der Waals surface area (Å²) in [4.78, 5) is 22.1. The Bertz CT molecular complexity index is 262. The van der Waals surface area contributed by atoms with E-state index in [1.807, 2.05) is 0 Å². The predicted octanol–water partition coefficient (Wildman–Crippen LogP) is 1.84. The van der Waals surface area contributed by atoms with Crippen molar-refractivity contribution < 1.29 is 14.3 Å². The molecule has 0 aromatic rings. The van der Waals surface area contributed by atoms with Gasteiger partial charge in [-0.1, -0.05) is 0 Å². The van der Waals surface area contributed by atoms with Crippen LogP contribution < -0.4 is 0 Å². The molecule has 0 aromatic carbocycles. The molecule has 2 fully saturated rings. The van der Waals surface area contributed by atoms with E-state index >= 15 is 0 Å². The van der Waals surface area contributed by atoms with Crippen LogP contribution in [0.2, 0.25) is 0 Å². The highest BCUT2D eigenvalue weighted by molar-refractivity contribution is 5.94. The summed E-state index contributed by atoms with van der Waals surface area (Å²) in [5, 5.41) is 0. The first-order chi connectivity index (χ1) is 6.60. The van der Waals surface area contributed by atoms with Crippen molar-refractivity contribution in [2.75, 3.05) is 0 Å². The summed E-state index contributed by atoms with van der Waals surface area (Å²) >= 11 is 0. The second kappa shape index (κ2) is 3.37. The van der Waals surface area contributed by atoms with Gasteiger partial charge in [0.25, 0.3) is 0 Å². The van der Waals surface area contributed by atoms with Crippen molar-refractivity contribution in [2.45, 2.75) is 51.0 Å². The van der Waals surface area contributed by atoms with Crippen LogP contribution in [0.1, 0.15) is 45.4 Å². The molecular formula is C11H16O3. The first-order valence-electron chi connectivity index (χ1n) is 5.31. The number of hydrogen-bond donors (Lipinski definition) is 0. The fraction of sp³-hybridized carbons (Fsp3) is 0.818. The number of ether oxygens (including phenoxy) is 1. The summed E-state index contributed by atoms with van der Waals surface area (Å²) in [6.07, 6.45) is 5.34. The van der Waals surface area contributed by atoms with E-state index in [0.29, 0.717) is 0 Å². The molecule has 2 aliphatic rings. The average Bonchev–Trinajstić information content (AvgIpc) is 2.60. The normalized spacial score (nSPS) is 34.5. The summed E-state index contributed by atoms with van der Waals surface area (Å²) in [5.74, 6) is 0.319. The molecular weight excluding hydrogens is 180 g/mol. The van der Waals surface area contributed by atoms with Gasteiger partial charge < -0.3 is 4.74 Å². The van der Waals surface area contributed by atoms with Gasteiger partial charge in [-0.3, -0.25) is 9.59 Å². The van der Waals surface area contributed by atoms with E-state index in [0.717, 1.165) is 25.2 Å². The maximum absolute atomic E-state index is 11.3. The molecule has 0 radical (unpaired) electrons. The molecule has 2 bridgehead atoms. The van der Waals surface area contributed by atoms with E-state index in [1.54, 1.807) is 0 Å². The van der Waals surface area contributed by atoms with Gasteiger partial charge in [0, 0.05) is 0 Å². The third kappa shape index (κ3) is 1.81. The Morgan fingerprint density at radius 1 is 1.36 bits per heavy atom. The van der Waals surface area contributed by atoms with Gasteiger partial charge in [-0.15, -0.1) is 0 Å². The zero-order chi connectivity index (χ0) is 10.2. The first-order valence-corrected chi connectivity index (χ1v) is 5.31. The second-order valence-electron chi connectivity index (χ2n) is 4.68. The van der Waals surface area contributed by atoms with Gasteiger partial charge in [-0.2, -0.15) is 0 Å². The third-order valence-electron chi connectivity index (χ3n) is 3.40. The minimum atomic E-state index is -0.333. The van der Waals surface area contributed by atoms with Crippen molar-refractivity contribution in [3.63, 3.8) is 0 Å². The van der Waals surface area contributed by atoms with Crippen LogP contribution in [0.3, 0.4) is 0 Å². The largest absolute Gasteiger partial charge is 0.459 e. The molecule has 2 aliphatic carbocycles. The average molecular weight is 196 g/mol. The molecule has 0 spiro atoms. The van der Waals surface area contributed by atoms with Crippen LogP contribution in [-0.2, 0) is 14.3 Å². The Kier molecular flexibility index (Phi) is 2.33. The van der Waals surface area contributed by atoms with Crippen LogP contribution in [0.5, 0.6) is 0 Å². The van der Waals surface area contributed by atoms with Crippen molar-refractivity contribution in [2.24, 2.45) is 5.92 Å². The SMILES string of the molecule is CC(=O)CC(=O)OC12CCC(CC1)C2. The van der Waals surface area contributed by atoms with Gasteiger partial charge in [0.1, 0.15) is 17.8 Å². The molecule has 0 aliphatic heterocycles. The molecule has 2 rings (SSSR count). The smallest absolute Gasteiger partial charge is 0.313 e. The molecule has 2 saturated carbocycles. The molecule has 0 aromatic heterocycles. The lowest BCUT2D eigenvalue weighted by Gasteiger charge is -2.26. The van der Waals surface area contributed by atoms with Crippen LogP contribution in [0.15, 0.2) is 0 Å². The lowest BCUT2D eigenvalue weighted by Crippen LogP contribution is -2.30. The van der Waals surface area contributed by atoms with Crippen LogP contribution >= 0.6 is 0 Å². The van der Waals surface area contributed by atoms with E-state index in [2.05, 4.69) is 0 Å². The van der Waals surface area contributed by atoms with Crippen LogP contribution in [0.25, 0.3) is 0 Å². The minimum Gasteiger partial charge on any atom is -0.459 e. The van der Waals surface area contributed by atoms with Gasteiger partial charge in [0.15, 0.2) is 0 Å². The number of rotatable bonds is 3. The molecule has 0 atom stereocenters. The van der Waals surface area contributed by atoms with Crippen molar-refractivity contribution in [1.29, 1.82) is 0 Å². The maximum Gasteiger partial charge on any atom is 0.313 e. The van der Waals surface area contributed by atoms with Gasteiger partial charge >= 0.3 is 5.97 Å². The highest BCUT2D eigenvalue weighted by atomic mass is 16.6. The minimum absolute atomic E-state index is 0.0631. The molecule has 3 heteroatoms. The monoisotopic (exact) mass is 196 g/mol. The number of hydrogen-bond acceptors (Lipinski definition) is 3. The first kappa shape index (κ1) is 9.69. The van der Waals surface area contributed by atoms with E-state index in [4.69, 9.17) is 4.74 Å². The molecule has 3 nitrogen and oxygen atoms in total. The summed E-state index contributed by atoms with van der Waals surface area (Å²) < 4.78 is 5.44.